The van der Waals surface area contributed by atoms with Gasteiger partial charge in [-0.3, -0.25) is 0 Å². The minimum atomic E-state index is -0.309. The number of carbonyl (C=O) groups excluding carboxylic acids is 2. The van der Waals surface area contributed by atoms with Gasteiger partial charge in [0.25, 0.3) is 0 Å². The summed E-state index contributed by atoms with van der Waals surface area (Å²) in [5, 5.41) is 0. The van der Waals surface area contributed by atoms with Crippen LogP contribution in [0, 0.1) is 0 Å². The second-order valence-electron chi connectivity index (χ2n) is 7.19. The Morgan fingerprint density at radius 1 is 0.500 bits per heavy atom. The quantitative estimate of drug-likeness (QED) is 0.507. The predicted octanol–water partition coefficient (Wildman–Crippen LogP) is 4.83. The summed E-state index contributed by atoms with van der Waals surface area (Å²) < 4.78 is 9.45. The van der Waals surface area contributed by atoms with E-state index >= 15 is 0 Å². The minimum Gasteiger partial charge on any atom is -0.465 e. The van der Waals surface area contributed by atoms with Crippen LogP contribution in [0.2, 0.25) is 0 Å². The first-order valence-corrected chi connectivity index (χ1v) is 10.0. The fourth-order valence-electron chi connectivity index (χ4n) is 3.30. The third-order valence-electron chi connectivity index (χ3n) is 5.18. The van der Waals surface area contributed by atoms with E-state index < -0.39 is 0 Å². The SMILES string of the molecule is COC(=O)c1ccc(CCc2ccc(CCc3ccc(C(=O)OC)cc3)cc2)cc1. The first-order chi connectivity index (χ1) is 14.6. The van der Waals surface area contributed by atoms with E-state index in [1.165, 1.54) is 36.5 Å². The average Bonchev–Trinajstić information content (AvgIpc) is 2.81. The van der Waals surface area contributed by atoms with E-state index in [2.05, 4.69) is 24.3 Å². The Labute approximate surface area is 177 Å². The predicted molar refractivity (Wildman–Crippen MR) is 117 cm³/mol. The number of ether oxygens (including phenoxy) is 2. The third kappa shape index (κ3) is 5.80. The lowest BCUT2D eigenvalue weighted by molar-refractivity contribution is 0.0592. The number of carbonyl (C=O) groups is 2. The van der Waals surface area contributed by atoms with Gasteiger partial charge in [0.05, 0.1) is 25.3 Å². The van der Waals surface area contributed by atoms with Gasteiger partial charge in [-0.05, 0) is 72.2 Å². The lowest BCUT2D eigenvalue weighted by atomic mass is 9.99. The molecule has 3 aromatic rings. The molecule has 4 heteroatoms. The van der Waals surface area contributed by atoms with Gasteiger partial charge < -0.3 is 9.47 Å². The molecule has 154 valence electrons. The van der Waals surface area contributed by atoms with Gasteiger partial charge in [-0.1, -0.05) is 48.5 Å². The van der Waals surface area contributed by atoms with Crippen molar-refractivity contribution in [1.29, 1.82) is 0 Å². The molecule has 0 atom stereocenters. The highest BCUT2D eigenvalue weighted by Gasteiger charge is 2.06. The molecule has 0 saturated heterocycles. The molecule has 0 heterocycles. The lowest BCUT2D eigenvalue weighted by Gasteiger charge is -2.07. The number of benzene rings is 3. The molecule has 0 N–H and O–H groups in total. The standard InChI is InChI=1S/C26H26O4/c1-29-25(27)23-15-11-21(12-16-23)9-7-19-3-5-20(6-4-19)8-10-22-13-17-24(18-14-22)26(28)30-2/h3-6,11-18H,7-10H2,1-2H3. The molecule has 0 aliphatic carbocycles. The molecule has 0 fully saturated rings. The first kappa shape index (κ1) is 21.3. The fourth-order valence-corrected chi connectivity index (χ4v) is 3.30. The lowest BCUT2D eigenvalue weighted by Crippen LogP contribution is -2.01. The summed E-state index contributed by atoms with van der Waals surface area (Å²) in [7, 11) is 2.78. The monoisotopic (exact) mass is 402 g/mol. The van der Waals surface area contributed by atoms with Crippen molar-refractivity contribution in [1.82, 2.24) is 0 Å². The van der Waals surface area contributed by atoms with Crippen molar-refractivity contribution in [3.63, 3.8) is 0 Å². The summed E-state index contributed by atoms with van der Waals surface area (Å²) in [5.74, 6) is -0.618. The zero-order valence-electron chi connectivity index (χ0n) is 17.4. The molecule has 4 nitrogen and oxygen atoms in total. The van der Waals surface area contributed by atoms with Crippen LogP contribution >= 0.6 is 0 Å². The van der Waals surface area contributed by atoms with Crippen molar-refractivity contribution >= 4 is 11.9 Å². The maximum absolute atomic E-state index is 11.5. The van der Waals surface area contributed by atoms with Crippen LogP contribution in [0.15, 0.2) is 72.8 Å². The van der Waals surface area contributed by atoms with Crippen molar-refractivity contribution in [3.8, 4) is 0 Å². The van der Waals surface area contributed by atoms with E-state index in [1.54, 1.807) is 0 Å². The molecule has 0 aliphatic heterocycles. The molecular weight excluding hydrogens is 376 g/mol. The Morgan fingerprint density at radius 3 is 0.967 bits per heavy atom. The zero-order valence-corrected chi connectivity index (χ0v) is 17.4. The van der Waals surface area contributed by atoms with Crippen LogP contribution in [0.5, 0.6) is 0 Å². The number of methoxy groups -OCH3 is 2. The zero-order chi connectivity index (χ0) is 21.3. The van der Waals surface area contributed by atoms with Crippen LogP contribution in [0.25, 0.3) is 0 Å². The summed E-state index contributed by atoms with van der Waals surface area (Å²) in [5.41, 5.74) is 6.12. The highest BCUT2D eigenvalue weighted by atomic mass is 16.5. The van der Waals surface area contributed by atoms with Crippen LogP contribution in [0.4, 0.5) is 0 Å². The van der Waals surface area contributed by atoms with E-state index in [9.17, 15) is 9.59 Å². The molecule has 0 aromatic heterocycles. The number of aryl methyl sites for hydroxylation is 4. The topological polar surface area (TPSA) is 52.6 Å². The van der Waals surface area contributed by atoms with E-state index in [-0.39, 0.29) is 11.9 Å². The van der Waals surface area contributed by atoms with Gasteiger partial charge in [0.1, 0.15) is 0 Å². The molecule has 0 saturated carbocycles. The Balaban J connectivity index is 1.49. The molecule has 3 rings (SSSR count). The van der Waals surface area contributed by atoms with Crippen LogP contribution in [0.3, 0.4) is 0 Å². The van der Waals surface area contributed by atoms with Gasteiger partial charge in [-0.2, -0.15) is 0 Å². The van der Waals surface area contributed by atoms with Crippen molar-refractivity contribution < 1.29 is 19.1 Å². The van der Waals surface area contributed by atoms with E-state index in [1.807, 2.05) is 48.5 Å². The van der Waals surface area contributed by atoms with Gasteiger partial charge in [0.2, 0.25) is 0 Å². The maximum atomic E-state index is 11.5. The third-order valence-corrected chi connectivity index (χ3v) is 5.18. The molecule has 0 aliphatic rings. The second kappa shape index (κ2) is 10.4. The largest absolute Gasteiger partial charge is 0.465 e. The molecule has 0 radical (unpaired) electrons. The van der Waals surface area contributed by atoms with Crippen LogP contribution < -0.4 is 0 Å². The first-order valence-electron chi connectivity index (χ1n) is 10.0. The van der Waals surface area contributed by atoms with Gasteiger partial charge in [-0.25, -0.2) is 9.59 Å². The summed E-state index contributed by atoms with van der Waals surface area (Å²) >= 11 is 0. The summed E-state index contributed by atoms with van der Waals surface area (Å²) in [4.78, 5) is 23.0. The van der Waals surface area contributed by atoms with Crippen LogP contribution in [0.1, 0.15) is 43.0 Å². The molecule has 0 spiro atoms. The van der Waals surface area contributed by atoms with Crippen molar-refractivity contribution in [2.24, 2.45) is 0 Å². The highest BCUT2D eigenvalue weighted by molar-refractivity contribution is 5.89. The molecule has 0 unspecified atom stereocenters. The summed E-state index contributed by atoms with van der Waals surface area (Å²) in [6.07, 6.45) is 3.75. The van der Waals surface area contributed by atoms with Crippen molar-refractivity contribution in [2.75, 3.05) is 14.2 Å². The van der Waals surface area contributed by atoms with E-state index in [4.69, 9.17) is 9.47 Å². The van der Waals surface area contributed by atoms with Crippen LogP contribution in [-0.4, -0.2) is 26.2 Å². The number of hydrogen-bond acceptors (Lipinski definition) is 4. The number of hydrogen-bond donors (Lipinski definition) is 0. The normalized spacial score (nSPS) is 10.5. The Kier molecular flexibility index (Phi) is 7.39. The van der Waals surface area contributed by atoms with Gasteiger partial charge >= 0.3 is 11.9 Å². The molecular formula is C26H26O4. The smallest absolute Gasteiger partial charge is 0.337 e. The average molecular weight is 402 g/mol. The molecule has 3 aromatic carbocycles. The molecule has 30 heavy (non-hydrogen) atoms. The minimum absolute atomic E-state index is 0.309. The van der Waals surface area contributed by atoms with Crippen molar-refractivity contribution in [2.45, 2.75) is 25.7 Å². The number of rotatable bonds is 8. The van der Waals surface area contributed by atoms with Gasteiger partial charge in [0.15, 0.2) is 0 Å². The van der Waals surface area contributed by atoms with Gasteiger partial charge in [0, 0.05) is 0 Å². The molecule has 0 amide bonds. The van der Waals surface area contributed by atoms with Crippen LogP contribution in [-0.2, 0) is 35.2 Å². The maximum Gasteiger partial charge on any atom is 0.337 e. The fraction of sp³-hybridized carbons (Fsp3) is 0.231. The van der Waals surface area contributed by atoms with Crippen molar-refractivity contribution in [3.05, 3.63) is 106 Å². The van der Waals surface area contributed by atoms with Gasteiger partial charge in [-0.15, -0.1) is 0 Å². The summed E-state index contributed by atoms with van der Waals surface area (Å²) in [6, 6.07) is 23.9. The Bertz CT molecular complexity index is 889. The second-order valence-corrected chi connectivity index (χ2v) is 7.19. The number of esters is 2. The highest BCUT2D eigenvalue weighted by Crippen LogP contribution is 2.14. The van der Waals surface area contributed by atoms with E-state index in [0.29, 0.717) is 11.1 Å². The summed E-state index contributed by atoms with van der Waals surface area (Å²) in [6.45, 7) is 0. The Hall–Kier alpha value is -3.40. The van der Waals surface area contributed by atoms with E-state index in [0.717, 1.165) is 25.7 Å². The Morgan fingerprint density at radius 2 is 0.733 bits per heavy atom. The molecule has 0 bridgehead atoms.